The molecular weight excluding hydrogens is 244 g/mol. The number of nitrogens with zero attached hydrogens (tertiary/aromatic N) is 3. The first-order valence-electron chi connectivity index (χ1n) is 6.01. The quantitative estimate of drug-likeness (QED) is 0.868. The molecule has 0 atom stereocenters. The maximum absolute atomic E-state index is 3.96. The lowest BCUT2D eigenvalue weighted by atomic mass is 10.3. The Morgan fingerprint density at radius 2 is 2.06 bits per heavy atom. The summed E-state index contributed by atoms with van der Waals surface area (Å²) in [7, 11) is 6.33. The lowest BCUT2D eigenvalue weighted by molar-refractivity contribution is 0.317. The number of hydrogen-bond donors (Lipinski definition) is 1. The molecule has 0 aliphatic rings. The normalized spacial score (nSPS) is 11.6. The van der Waals surface area contributed by atoms with Crippen LogP contribution in [0.2, 0.25) is 0 Å². The Hall–Kier alpha value is -1.17. The minimum absolute atomic E-state index is 0.904. The van der Waals surface area contributed by atoms with Crippen molar-refractivity contribution in [3.8, 4) is 0 Å². The Labute approximate surface area is 112 Å². The lowest BCUT2D eigenvalue weighted by Crippen LogP contribution is -2.16. The molecular formula is C13H20N4S. The summed E-state index contributed by atoms with van der Waals surface area (Å²) >= 11 is 1.84. The van der Waals surface area contributed by atoms with Gasteiger partial charge < -0.3 is 4.90 Å². The maximum Gasteiger partial charge on any atom is 0.0492 e. The van der Waals surface area contributed by atoms with Gasteiger partial charge >= 0.3 is 0 Å². The third-order valence-electron chi connectivity index (χ3n) is 2.63. The van der Waals surface area contributed by atoms with Crippen LogP contribution >= 0.6 is 11.3 Å². The highest BCUT2D eigenvalue weighted by atomic mass is 32.1. The third-order valence-corrected chi connectivity index (χ3v) is 3.60. The summed E-state index contributed by atoms with van der Waals surface area (Å²) in [6.07, 6.45) is 1.80. The number of H-pyrrole nitrogens is 1. The standard InChI is InChI=1S/C13H20N4S/c1-16(2)7-11-6-13(18-10-11)9-17(3)8-12-4-5-14-15-12/h4-6,10H,7-9H2,1-3H3,(H,14,15). The van der Waals surface area contributed by atoms with Crippen LogP contribution < -0.4 is 0 Å². The van der Waals surface area contributed by atoms with Gasteiger partial charge in [0.05, 0.1) is 0 Å². The van der Waals surface area contributed by atoms with Crippen LogP contribution in [0.25, 0.3) is 0 Å². The highest BCUT2D eigenvalue weighted by Crippen LogP contribution is 2.17. The monoisotopic (exact) mass is 264 g/mol. The van der Waals surface area contributed by atoms with Gasteiger partial charge in [-0.05, 0) is 44.2 Å². The van der Waals surface area contributed by atoms with Gasteiger partial charge in [-0.2, -0.15) is 5.10 Å². The number of thiophene rings is 1. The molecule has 0 fully saturated rings. The Bertz CT molecular complexity index is 461. The molecule has 0 radical (unpaired) electrons. The molecule has 2 aromatic heterocycles. The molecule has 0 aliphatic heterocycles. The summed E-state index contributed by atoms with van der Waals surface area (Å²) < 4.78 is 0. The van der Waals surface area contributed by atoms with Crippen molar-refractivity contribution in [3.63, 3.8) is 0 Å². The summed E-state index contributed by atoms with van der Waals surface area (Å²) in [4.78, 5) is 5.90. The topological polar surface area (TPSA) is 35.2 Å². The molecule has 0 saturated heterocycles. The van der Waals surface area contributed by atoms with E-state index in [2.05, 4.69) is 52.6 Å². The lowest BCUT2D eigenvalue weighted by Gasteiger charge is -2.14. The first-order chi connectivity index (χ1) is 8.63. The van der Waals surface area contributed by atoms with Crippen molar-refractivity contribution in [1.29, 1.82) is 0 Å². The van der Waals surface area contributed by atoms with Crippen LogP contribution in [-0.2, 0) is 19.6 Å². The Kier molecular flexibility index (Phi) is 4.52. The van der Waals surface area contributed by atoms with Gasteiger partial charge in [-0.1, -0.05) is 0 Å². The van der Waals surface area contributed by atoms with Gasteiger partial charge in [0.2, 0.25) is 0 Å². The fraction of sp³-hybridized carbons (Fsp3) is 0.462. The maximum atomic E-state index is 3.96. The zero-order valence-corrected chi connectivity index (χ0v) is 12.0. The molecule has 2 heterocycles. The number of aromatic nitrogens is 2. The van der Waals surface area contributed by atoms with Gasteiger partial charge in [-0.25, -0.2) is 0 Å². The predicted octanol–water partition coefficient (Wildman–Crippen LogP) is 2.16. The molecule has 0 aliphatic carbocycles. The summed E-state index contributed by atoms with van der Waals surface area (Å²) in [5, 5.41) is 9.20. The largest absolute Gasteiger partial charge is 0.305 e. The summed E-state index contributed by atoms with van der Waals surface area (Å²) in [6.45, 7) is 2.90. The molecule has 98 valence electrons. The zero-order valence-electron chi connectivity index (χ0n) is 11.2. The van der Waals surface area contributed by atoms with Crippen molar-refractivity contribution in [2.45, 2.75) is 19.6 Å². The Morgan fingerprint density at radius 1 is 1.22 bits per heavy atom. The molecule has 0 saturated carbocycles. The van der Waals surface area contributed by atoms with Crippen molar-refractivity contribution in [2.24, 2.45) is 0 Å². The molecule has 4 nitrogen and oxygen atoms in total. The van der Waals surface area contributed by atoms with Gasteiger partial charge in [0, 0.05) is 36.4 Å². The van der Waals surface area contributed by atoms with Crippen molar-refractivity contribution in [1.82, 2.24) is 20.0 Å². The van der Waals surface area contributed by atoms with E-state index in [4.69, 9.17) is 0 Å². The smallest absolute Gasteiger partial charge is 0.0492 e. The first-order valence-corrected chi connectivity index (χ1v) is 6.89. The van der Waals surface area contributed by atoms with Crippen molar-refractivity contribution < 1.29 is 0 Å². The average molecular weight is 264 g/mol. The third kappa shape index (κ3) is 3.94. The number of nitrogens with one attached hydrogen (secondary N) is 1. The van der Waals surface area contributed by atoms with Crippen LogP contribution in [0.1, 0.15) is 16.1 Å². The van der Waals surface area contributed by atoms with E-state index in [1.165, 1.54) is 10.4 Å². The van der Waals surface area contributed by atoms with Gasteiger partial charge in [-0.3, -0.25) is 10.00 Å². The summed E-state index contributed by atoms with van der Waals surface area (Å²) in [5.41, 5.74) is 2.55. The van der Waals surface area contributed by atoms with Gasteiger partial charge in [-0.15, -0.1) is 11.3 Å². The highest BCUT2D eigenvalue weighted by molar-refractivity contribution is 7.10. The van der Waals surface area contributed by atoms with Gasteiger partial charge in [0.15, 0.2) is 0 Å². The molecule has 0 unspecified atom stereocenters. The van der Waals surface area contributed by atoms with E-state index in [-0.39, 0.29) is 0 Å². The molecule has 0 bridgehead atoms. The van der Waals surface area contributed by atoms with Crippen LogP contribution in [0.5, 0.6) is 0 Å². The summed E-state index contributed by atoms with van der Waals surface area (Å²) in [6, 6.07) is 4.32. The highest BCUT2D eigenvalue weighted by Gasteiger charge is 2.06. The van der Waals surface area contributed by atoms with Gasteiger partial charge in [0.25, 0.3) is 0 Å². The van der Waals surface area contributed by atoms with Crippen LogP contribution in [0.3, 0.4) is 0 Å². The van der Waals surface area contributed by atoms with Crippen LogP contribution in [0.4, 0.5) is 0 Å². The molecule has 0 spiro atoms. The minimum Gasteiger partial charge on any atom is -0.305 e. The van der Waals surface area contributed by atoms with E-state index in [1.807, 2.05) is 17.4 Å². The molecule has 0 aromatic carbocycles. The van der Waals surface area contributed by atoms with Crippen LogP contribution in [-0.4, -0.2) is 41.1 Å². The van der Waals surface area contributed by atoms with Crippen molar-refractivity contribution in [2.75, 3.05) is 21.1 Å². The Balaban J connectivity index is 1.87. The van der Waals surface area contributed by atoms with E-state index >= 15 is 0 Å². The van der Waals surface area contributed by atoms with E-state index in [9.17, 15) is 0 Å². The van der Waals surface area contributed by atoms with E-state index in [1.54, 1.807) is 6.20 Å². The fourth-order valence-corrected chi connectivity index (χ4v) is 2.90. The van der Waals surface area contributed by atoms with E-state index in [0.717, 1.165) is 25.3 Å². The fourth-order valence-electron chi connectivity index (χ4n) is 1.94. The molecule has 0 amide bonds. The Morgan fingerprint density at radius 3 is 2.72 bits per heavy atom. The number of hydrogen-bond acceptors (Lipinski definition) is 4. The molecule has 2 aromatic rings. The van der Waals surface area contributed by atoms with Crippen LogP contribution in [0.15, 0.2) is 23.7 Å². The second-order valence-corrected chi connectivity index (χ2v) is 5.91. The number of rotatable bonds is 6. The van der Waals surface area contributed by atoms with E-state index < -0.39 is 0 Å². The second-order valence-electron chi connectivity index (χ2n) is 4.91. The molecule has 18 heavy (non-hydrogen) atoms. The number of aromatic amines is 1. The van der Waals surface area contributed by atoms with Crippen molar-refractivity contribution in [3.05, 3.63) is 39.8 Å². The molecule has 5 heteroatoms. The first kappa shape index (κ1) is 13.3. The minimum atomic E-state index is 0.904. The summed E-state index contributed by atoms with van der Waals surface area (Å²) in [5.74, 6) is 0. The molecule has 2 rings (SSSR count). The predicted molar refractivity (Wildman–Crippen MR) is 75.5 cm³/mol. The zero-order chi connectivity index (χ0) is 13.0. The van der Waals surface area contributed by atoms with Gasteiger partial charge in [0.1, 0.15) is 0 Å². The van der Waals surface area contributed by atoms with Crippen LogP contribution in [0, 0.1) is 0 Å². The van der Waals surface area contributed by atoms with E-state index in [0.29, 0.717) is 0 Å². The molecule has 1 N–H and O–H groups in total. The SMILES string of the molecule is CN(C)Cc1csc(CN(C)Cc2ccn[nH]2)c1. The van der Waals surface area contributed by atoms with Crippen molar-refractivity contribution >= 4 is 11.3 Å². The second kappa shape index (κ2) is 6.13. The average Bonchev–Trinajstić information content (AvgIpc) is 2.89.